The van der Waals surface area contributed by atoms with Gasteiger partial charge in [-0.1, -0.05) is 36.4 Å². The van der Waals surface area contributed by atoms with E-state index >= 15 is 4.39 Å². The Balaban J connectivity index is 0.776. The molecule has 0 spiro atoms. The maximum atomic E-state index is 15.5. The van der Waals surface area contributed by atoms with E-state index in [4.69, 9.17) is 18.9 Å². The zero-order chi connectivity index (χ0) is 39.9. The van der Waals surface area contributed by atoms with Crippen LogP contribution in [0.1, 0.15) is 50.2 Å². The van der Waals surface area contributed by atoms with E-state index in [0.717, 1.165) is 48.4 Å². The van der Waals surface area contributed by atoms with Gasteiger partial charge in [0.25, 0.3) is 0 Å². The topological polar surface area (TPSA) is 90.4 Å². The number of carbonyl (C=O) groups is 2. The van der Waals surface area contributed by atoms with Crippen LogP contribution in [0.3, 0.4) is 0 Å². The molecule has 10 rings (SSSR count). The van der Waals surface area contributed by atoms with E-state index in [2.05, 4.69) is 51.2 Å². The molecule has 2 unspecified atom stereocenters. The van der Waals surface area contributed by atoms with Crippen molar-refractivity contribution in [1.29, 1.82) is 0 Å². The number of benzene rings is 4. The minimum absolute atomic E-state index is 0.0788. The molecule has 1 saturated heterocycles. The van der Waals surface area contributed by atoms with Crippen LogP contribution >= 0.6 is 0 Å². The number of allylic oxidation sites excluding steroid dienone is 2. The third kappa shape index (κ3) is 7.78. The van der Waals surface area contributed by atoms with Gasteiger partial charge < -0.3 is 23.8 Å². The lowest BCUT2D eigenvalue weighted by atomic mass is 9.86. The molecule has 9 nitrogen and oxygen atoms in total. The fourth-order valence-electron chi connectivity index (χ4n) is 8.91. The molecule has 4 aliphatic heterocycles. The molecule has 5 aliphatic rings. The maximum absolute atomic E-state index is 15.5. The number of hydrogen-bond acceptors (Lipinski definition) is 9. The normalized spacial score (nSPS) is 19.2. The standard InChI is InChI=1S/C49H44FN3O6/c50-42-8-5-33(31-1-3-37-27-52(29-39(37)21-31)15-12-44(54)35-6-9-46-48(25-35)58-19-17-56-46)23-41(42)43-24-34(11-14-51-43)32-2-4-38-28-53(30-40(38)22-32)16-13-45(55)36-7-10-47-49(26-36)59-20-18-57-47/h1-11,14,21-26,38,40H,12-13,15-20,27-30H2. The Labute approximate surface area is 342 Å². The number of nitrogens with zero attached hydrogens (tertiary/aromatic N) is 3. The highest BCUT2D eigenvalue weighted by molar-refractivity contribution is 5.97. The first-order valence-corrected chi connectivity index (χ1v) is 20.5. The highest BCUT2D eigenvalue weighted by Gasteiger charge is 2.32. The molecule has 10 heteroatoms. The van der Waals surface area contributed by atoms with Gasteiger partial charge in [-0.2, -0.15) is 0 Å². The lowest BCUT2D eigenvalue weighted by Gasteiger charge is -2.19. The van der Waals surface area contributed by atoms with Crippen molar-refractivity contribution in [3.63, 3.8) is 0 Å². The van der Waals surface area contributed by atoms with Crippen molar-refractivity contribution in [1.82, 2.24) is 14.8 Å². The first-order valence-electron chi connectivity index (χ1n) is 20.5. The summed E-state index contributed by atoms with van der Waals surface area (Å²) in [5.41, 5.74) is 8.80. The minimum atomic E-state index is -0.320. The van der Waals surface area contributed by atoms with E-state index in [-0.39, 0.29) is 17.4 Å². The molecule has 59 heavy (non-hydrogen) atoms. The lowest BCUT2D eigenvalue weighted by Crippen LogP contribution is -2.24. The lowest BCUT2D eigenvalue weighted by molar-refractivity contribution is 0.0956. The number of carbonyl (C=O) groups excluding carboxylic acids is 2. The predicted molar refractivity (Wildman–Crippen MR) is 222 cm³/mol. The molecule has 0 radical (unpaired) electrons. The Morgan fingerprint density at radius 1 is 0.627 bits per heavy atom. The Hall–Kier alpha value is -6.10. The van der Waals surface area contributed by atoms with Crippen LogP contribution in [-0.2, 0) is 13.1 Å². The first-order chi connectivity index (χ1) is 28.9. The molecule has 1 aliphatic carbocycles. The van der Waals surface area contributed by atoms with Crippen molar-refractivity contribution in [3.8, 4) is 45.4 Å². The number of halogens is 1. The van der Waals surface area contributed by atoms with Gasteiger partial charge in [0.1, 0.15) is 32.2 Å². The van der Waals surface area contributed by atoms with Crippen LogP contribution < -0.4 is 18.9 Å². The molecular weight excluding hydrogens is 746 g/mol. The van der Waals surface area contributed by atoms with Crippen LogP contribution in [0, 0.1) is 17.7 Å². The number of fused-ring (bicyclic) bond motifs is 4. The molecule has 1 aromatic heterocycles. The van der Waals surface area contributed by atoms with E-state index in [0.29, 0.717) is 110 Å². The van der Waals surface area contributed by atoms with Gasteiger partial charge in [-0.05, 0) is 112 Å². The van der Waals surface area contributed by atoms with Gasteiger partial charge in [0, 0.05) is 75.0 Å². The third-order valence-electron chi connectivity index (χ3n) is 12.1. The molecule has 5 aromatic rings. The fourth-order valence-corrected chi connectivity index (χ4v) is 8.91. The van der Waals surface area contributed by atoms with E-state index in [1.165, 1.54) is 17.2 Å². The van der Waals surface area contributed by atoms with Crippen molar-refractivity contribution in [2.24, 2.45) is 11.8 Å². The van der Waals surface area contributed by atoms with Gasteiger partial charge in [0.05, 0.1) is 5.69 Å². The molecule has 4 aromatic carbocycles. The van der Waals surface area contributed by atoms with Crippen LogP contribution in [-0.4, -0.2) is 79.0 Å². The molecule has 5 heterocycles. The fraction of sp³-hybridized carbons (Fsp3) is 0.286. The van der Waals surface area contributed by atoms with E-state index in [1.807, 2.05) is 48.5 Å². The van der Waals surface area contributed by atoms with Crippen LogP contribution in [0.4, 0.5) is 4.39 Å². The molecule has 1 fully saturated rings. The largest absolute Gasteiger partial charge is 0.486 e. The average Bonchev–Trinajstić information content (AvgIpc) is 3.90. The van der Waals surface area contributed by atoms with Gasteiger partial charge >= 0.3 is 0 Å². The number of pyridine rings is 1. The zero-order valence-electron chi connectivity index (χ0n) is 32.7. The summed E-state index contributed by atoms with van der Waals surface area (Å²) in [5.74, 6) is 3.19. The van der Waals surface area contributed by atoms with Crippen LogP contribution in [0.2, 0.25) is 0 Å². The van der Waals surface area contributed by atoms with Crippen molar-refractivity contribution in [3.05, 3.63) is 143 Å². The second-order valence-corrected chi connectivity index (χ2v) is 16.0. The Morgan fingerprint density at radius 3 is 1.98 bits per heavy atom. The number of rotatable bonds is 11. The van der Waals surface area contributed by atoms with E-state index < -0.39 is 0 Å². The van der Waals surface area contributed by atoms with Crippen molar-refractivity contribution >= 4 is 17.1 Å². The summed E-state index contributed by atoms with van der Waals surface area (Å²) < 4.78 is 38.1. The van der Waals surface area contributed by atoms with E-state index in [1.54, 1.807) is 18.3 Å². The number of ether oxygens (including phenoxy) is 4. The third-order valence-corrected chi connectivity index (χ3v) is 12.1. The van der Waals surface area contributed by atoms with Gasteiger partial charge in [-0.15, -0.1) is 0 Å². The number of aromatic nitrogens is 1. The minimum Gasteiger partial charge on any atom is -0.486 e. The molecule has 0 N–H and O–H groups in total. The number of Topliss-reactive ketones (excluding diaryl/α,β-unsaturated/α-hetero) is 2. The quantitative estimate of drug-likeness (QED) is 0.122. The molecule has 2 atom stereocenters. The molecule has 0 bridgehead atoms. The monoisotopic (exact) mass is 789 g/mol. The molecule has 298 valence electrons. The predicted octanol–water partition coefficient (Wildman–Crippen LogP) is 8.46. The number of hydrogen-bond donors (Lipinski definition) is 0. The molecule has 0 amide bonds. The van der Waals surface area contributed by atoms with Crippen LogP contribution in [0.25, 0.3) is 28.0 Å². The summed E-state index contributed by atoms with van der Waals surface area (Å²) in [5, 5.41) is 0. The second-order valence-electron chi connectivity index (χ2n) is 16.0. The summed E-state index contributed by atoms with van der Waals surface area (Å²) in [6.07, 6.45) is 9.36. The van der Waals surface area contributed by atoms with Crippen LogP contribution in [0.15, 0.2) is 109 Å². The average molecular weight is 790 g/mol. The molecule has 0 saturated carbocycles. The summed E-state index contributed by atoms with van der Waals surface area (Å²) in [6, 6.07) is 26.5. The maximum Gasteiger partial charge on any atom is 0.164 e. The smallest absolute Gasteiger partial charge is 0.164 e. The van der Waals surface area contributed by atoms with Gasteiger partial charge in [0.2, 0.25) is 0 Å². The Kier molecular flexibility index (Phi) is 10.0. The highest BCUT2D eigenvalue weighted by Crippen LogP contribution is 2.37. The van der Waals surface area contributed by atoms with Gasteiger partial charge in [-0.25, -0.2) is 4.39 Å². The summed E-state index contributed by atoms with van der Waals surface area (Å²) in [4.78, 5) is 35.4. The summed E-state index contributed by atoms with van der Waals surface area (Å²) in [6.45, 7) is 6.66. The van der Waals surface area contributed by atoms with Crippen LogP contribution in [0.5, 0.6) is 23.0 Å². The summed E-state index contributed by atoms with van der Waals surface area (Å²) in [7, 11) is 0. The SMILES string of the molecule is O=C(CCN1Cc2ccc(-c3ccc(F)c(-c4cc(C5=CC6CN(CCC(=O)c7ccc8c(c7)OCCO8)CC6C=C5)ccn4)c3)cc2C1)c1ccc2c(c1)OCCO2. The zero-order valence-corrected chi connectivity index (χ0v) is 32.7. The first kappa shape index (κ1) is 37.2. The second kappa shape index (κ2) is 15.9. The number of ketones is 2. The van der Waals surface area contributed by atoms with Gasteiger partial charge in [-0.3, -0.25) is 19.5 Å². The van der Waals surface area contributed by atoms with Crippen molar-refractivity contribution in [2.75, 3.05) is 52.6 Å². The van der Waals surface area contributed by atoms with Crippen molar-refractivity contribution in [2.45, 2.75) is 25.9 Å². The molecular formula is C49H44FN3O6. The van der Waals surface area contributed by atoms with Crippen molar-refractivity contribution < 1.29 is 32.9 Å². The Morgan fingerprint density at radius 2 is 1.25 bits per heavy atom. The summed E-state index contributed by atoms with van der Waals surface area (Å²) >= 11 is 0. The highest BCUT2D eigenvalue weighted by atomic mass is 19.1. The number of likely N-dealkylation sites (tertiary alicyclic amines) is 1. The van der Waals surface area contributed by atoms with Gasteiger partial charge in [0.15, 0.2) is 34.6 Å². The Bertz CT molecular complexity index is 2530. The van der Waals surface area contributed by atoms with E-state index in [9.17, 15) is 9.59 Å².